The Morgan fingerprint density at radius 3 is 2.50 bits per heavy atom. The molecule has 0 radical (unpaired) electrons. The maximum atomic E-state index is 6.20. The Morgan fingerprint density at radius 2 is 1.75 bits per heavy atom. The summed E-state index contributed by atoms with van der Waals surface area (Å²) < 4.78 is 6.20. The summed E-state index contributed by atoms with van der Waals surface area (Å²) in [4.78, 5) is 4.92. The van der Waals surface area contributed by atoms with Gasteiger partial charge in [-0.25, -0.2) is 0 Å². The molecule has 0 bridgehead atoms. The van der Waals surface area contributed by atoms with Crippen molar-refractivity contribution in [2.45, 2.75) is 45.2 Å². The van der Waals surface area contributed by atoms with Crippen molar-refractivity contribution in [3.05, 3.63) is 36.4 Å². The molecule has 4 nitrogen and oxygen atoms in total. The van der Waals surface area contributed by atoms with Crippen LogP contribution in [0, 0.1) is 5.92 Å². The van der Waals surface area contributed by atoms with Crippen LogP contribution in [0.2, 0.25) is 0 Å². The van der Waals surface area contributed by atoms with Gasteiger partial charge in [-0.15, -0.1) is 0 Å². The van der Waals surface area contributed by atoms with Crippen LogP contribution in [0.4, 0.5) is 5.69 Å². The lowest BCUT2D eigenvalue weighted by Gasteiger charge is -2.34. The SMILES string of the molecule is CC1CC(CCOc2ccc3cccc(N4CCN(C)CC4)c3c2)CC(C)N1. The molecule has 152 valence electrons. The summed E-state index contributed by atoms with van der Waals surface area (Å²) in [6, 6.07) is 14.5. The molecule has 4 heteroatoms. The highest BCUT2D eigenvalue weighted by atomic mass is 16.5. The maximum Gasteiger partial charge on any atom is 0.120 e. The summed E-state index contributed by atoms with van der Waals surface area (Å²) in [7, 11) is 2.20. The van der Waals surface area contributed by atoms with Gasteiger partial charge in [0.1, 0.15) is 5.75 Å². The van der Waals surface area contributed by atoms with Crippen molar-refractivity contribution in [2.24, 2.45) is 5.92 Å². The second kappa shape index (κ2) is 8.71. The molecule has 0 spiro atoms. The van der Waals surface area contributed by atoms with Crippen LogP contribution in [-0.4, -0.2) is 56.8 Å². The molecule has 2 heterocycles. The number of hydrogen-bond acceptors (Lipinski definition) is 4. The van der Waals surface area contributed by atoms with Crippen molar-refractivity contribution >= 4 is 16.5 Å². The van der Waals surface area contributed by atoms with Gasteiger partial charge in [0.2, 0.25) is 0 Å². The van der Waals surface area contributed by atoms with Gasteiger partial charge in [-0.3, -0.25) is 0 Å². The highest BCUT2D eigenvalue weighted by Crippen LogP contribution is 2.31. The topological polar surface area (TPSA) is 27.7 Å². The van der Waals surface area contributed by atoms with Crippen molar-refractivity contribution in [1.82, 2.24) is 10.2 Å². The Bertz CT molecular complexity index is 775. The van der Waals surface area contributed by atoms with Crippen LogP contribution in [-0.2, 0) is 0 Å². The number of nitrogens with one attached hydrogen (secondary N) is 1. The molecule has 28 heavy (non-hydrogen) atoms. The molecular formula is C24H35N3O. The predicted molar refractivity (Wildman–Crippen MR) is 119 cm³/mol. The minimum atomic E-state index is 0.626. The van der Waals surface area contributed by atoms with E-state index in [1.165, 1.54) is 29.3 Å². The second-order valence-electron chi connectivity index (χ2n) is 8.89. The van der Waals surface area contributed by atoms with Crippen LogP contribution in [0.1, 0.15) is 33.1 Å². The second-order valence-corrected chi connectivity index (χ2v) is 8.89. The Labute approximate surface area is 169 Å². The fraction of sp³-hybridized carbons (Fsp3) is 0.583. The first-order chi connectivity index (χ1) is 13.6. The lowest BCUT2D eigenvalue weighted by atomic mass is 9.87. The zero-order valence-electron chi connectivity index (χ0n) is 17.7. The fourth-order valence-electron chi connectivity index (χ4n) is 4.95. The van der Waals surface area contributed by atoms with E-state index < -0.39 is 0 Å². The van der Waals surface area contributed by atoms with E-state index in [4.69, 9.17) is 4.74 Å². The van der Waals surface area contributed by atoms with E-state index in [0.717, 1.165) is 50.9 Å². The van der Waals surface area contributed by atoms with E-state index in [1.54, 1.807) is 0 Å². The molecule has 4 rings (SSSR count). The first-order valence-corrected chi connectivity index (χ1v) is 10.9. The molecule has 0 aliphatic carbocycles. The zero-order chi connectivity index (χ0) is 19.5. The third kappa shape index (κ3) is 4.61. The van der Waals surface area contributed by atoms with Crippen LogP contribution in [0.15, 0.2) is 36.4 Å². The predicted octanol–water partition coefficient (Wildman–Crippen LogP) is 4.14. The lowest BCUT2D eigenvalue weighted by molar-refractivity contribution is 0.209. The average Bonchev–Trinajstić information content (AvgIpc) is 2.67. The highest BCUT2D eigenvalue weighted by molar-refractivity contribution is 5.95. The first-order valence-electron chi connectivity index (χ1n) is 10.9. The van der Waals surface area contributed by atoms with E-state index in [0.29, 0.717) is 12.1 Å². The molecule has 2 aromatic rings. The molecule has 2 aliphatic heterocycles. The number of benzene rings is 2. The summed E-state index contributed by atoms with van der Waals surface area (Å²) in [6.07, 6.45) is 3.67. The van der Waals surface area contributed by atoms with E-state index in [-0.39, 0.29) is 0 Å². The van der Waals surface area contributed by atoms with Gasteiger partial charge in [-0.2, -0.15) is 0 Å². The third-order valence-corrected chi connectivity index (χ3v) is 6.41. The summed E-state index contributed by atoms with van der Waals surface area (Å²) >= 11 is 0. The van der Waals surface area contributed by atoms with E-state index >= 15 is 0 Å². The van der Waals surface area contributed by atoms with Crippen LogP contribution in [0.5, 0.6) is 5.75 Å². The van der Waals surface area contributed by atoms with Crippen LogP contribution in [0.25, 0.3) is 10.8 Å². The molecule has 2 atom stereocenters. The van der Waals surface area contributed by atoms with E-state index in [1.807, 2.05) is 0 Å². The summed E-state index contributed by atoms with van der Waals surface area (Å²) in [5, 5.41) is 6.24. The van der Waals surface area contributed by atoms with Crippen LogP contribution >= 0.6 is 0 Å². The first kappa shape index (κ1) is 19.5. The molecule has 2 aliphatic rings. The summed E-state index contributed by atoms with van der Waals surface area (Å²) in [5.41, 5.74) is 1.34. The number of likely N-dealkylation sites (N-methyl/N-ethyl adjacent to an activating group) is 1. The fourth-order valence-corrected chi connectivity index (χ4v) is 4.95. The molecule has 0 aromatic heterocycles. The molecule has 0 amide bonds. The number of fused-ring (bicyclic) bond motifs is 1. The zero-order valence-corrected chi connectivity index (χ0v) is 17.7. The Hall–Kier alpha value is -1.78. The van der Waals surface area contributed by atoms with Gasteiger partial charge in [0.15, 0.2) is 0 Å². The van der Waals surface area contributed by atoms with Gasteiger partial charge in [0, 0.05) is 49.3 Å². The highest BCUT2D eigenvalue weighted by Gasteiger charge is 2.23. The number of piperazine rings is 1. The third-order valence-electron chi connectivity index (χ3n) is 6.41. The van der Waals surface area contributed by atoms with Crippen molar-refractivity contribution < 1.29 is 4.74 Å². The molecule has 2 saturated heterocycles. The molecule has 0 saturated carbocycles. The Kier molecular flexibility index (Phi) is 6.07. The van der Waals surface area contributed by atoms with Crippen molar-refractivity contribution in [3.63, 3.8) is 0 Å². The maximum absolute atomic E-state index is 6.20. The normalized spacial score (nSPS) is 26.5. The standard InChI is InChI=1S/C24H35N3O/c1-18-15-20(16-19(2)25-18)9-14-28-22-8-7-21-5-4-6-24(23(21)17-22)27-12-10-26(3)11-13-27/h4-8,17-20,25H,9-16H2,1-3H3. The van der Waals surface area contributed by atoms with Gasteiger partial charge >= 0.3 is 0 Å². The van der Waals surface area contributed by atoms with E-state index in [9.17, 15) is 0 Å². The lowest BCUT2D eigenvalue weighted by Crippen LogP contribution is -2.44. The largest absolute Gasteiger partial charge is 0.494 e. The van der Waals surface area contributed by atoms with Crippen molar-refractivity contribution in [1.29, 1.82) is 0 Å². The number of rotatable bonds is 5. The van der Waals surface area contributed by atoms with Crippen molar-refractivity contribution in [2.75, 3.05) is 44.7 Å². The summed E-state index contributed by atoms with van der Waals surface area (Å²) in [6.45, 7) is 9.84. The minimum absolute atomic E-state index is 0.626. The number of hydrogen-bond donors (Lipinski definition) is 1. The van der Waals surface area contributed by atoms with Gasteiger partial charge in [0.05, 0.1) is 6.61 Å². The van der Waals surface area contributed by atoms with Gasteiger partial charge in [-0.05, 0) is 69.7 Å². The van der Waals surface area contributed by atoms with Gasteiger partial charge in [-0.1, -0.05) is 18.2 Å². The van der Waals surface area contributed by atoms with Gasteiger partial charge in [0.25, 0.3) is 0 Å². The molecule has 2 unspecified atom stereocenters. The molecule has 2 fully saturated rings. The average molecular weight is 382 g/mol. The number of ether oxygens (including phenoxy) is 1. The van der Waals surface area contributed by atoms with Crippen molar-refractivity contribution in [3.8, 4) is 5.75 Å². The number of anilines is 1. The molecular weight excluding hydrogens is 346 g/mol. The minimum Gasteiger partial charge on any atom is -0.494 e. The smallest absolute Gasteiger partial charge is 0.120 e. The summed E-state index contributed by atoms with van der Waals surface area (Å²) in [5.74, 6) is 1.77. The Morgan fingerprint density at radius 1 is 1.00 bits per heavy atom. The molecule has 1 N–H and O–H groups in total. The van der Waals surface area contributed by atoms with Crippen LogP contribution < -0.4 is 15.0 Å². The molecule has 2 aromatic carbocycles. The monoisotopic (exact) mass is 381 g/mol. The van der Waals surface area contributed by atoms with Crippen LogP contribution in [0.3, 0.4) is 0 Å². The quantitative estimate of drug-likeness (QED) is 0.842. The number of piperidine rings is 1. The number of nitrogens with zero attached hydrogens (tertiary/aromatic N) is 2. The Balaban J connectivity index is 1.43. The van der Waals surface area contributed by atoms with Gasteiger partial charge < -0.3 is 19.9 Å². The van der Waals surface area contributed by atoms with E-state index in [2.05, 4.69) is 72.4 Å².